The maximum Gasteiger partial charge on any atom is 0.358 e. The van der Waals surface area contributed by atoms with Gasteiger partial charge in [0.25, 0.3) is 5.91 Å². The molecule has 0 bridgehead atoms. The fraction of sp³-hybridized carbons (Fsp3) is 0.471. The van der Waals surface area contributed by atoms with E-state index >= 15 is 0 Å². The van der Waals surface area contributed by atoms with Crippen molar-refractivity contribution in [2.75, 3.05) is 19.7 Å². The molecule has 7 heteroatoms. The molecule has 2 aromatic rings. The predicted octanol–water partition coefficient (Wildman–Crippen LogP) is 2.33. The molecule has 0 aliphatic carbocycles. The van der Waals surface area contributed by atoms with Crippen molar-refractivity contribution < 1.29 is 18.7 Å². The van der Waals surface area contributed by atoms with Crippen molar-refractivity contribution in [2.45, 2.75) is 26.7 Å². The van der Waals surface area contributed by atoms with Gasteiger partial charge in [-0.05, 0) is 38.8 Å². The lowest BCUT2D eigenvalue weighted by Crippen LogP contribution is -2.41. The number of ether oxygens (including phenoxy) is 1. The summed E-state index contributed by atoms with van der Waals surface area (Å²) in [4.78, 5) is 33.0. The minimum Gasteiger partial charge on any atom is -0.461 e. The van der Waals surface area contributed by atoms with Crippen LogP contribution in [-0.2, 0) is 4.74 Å². The summed E-state index contributed by atoms with van der Waals surface area (Å²) in [7, 11) is 0. The Balaban J connectivity index is 1.55. The minimum absolute atomic E-state index is 0.109. The highest BCUT2D eigenvalue weighted by atomic mass is 16.5. The van der Waals surface area contributed by atoms with Gasteiger partial charge in [0.1, 0.15) is 5.76 Å². The summed E-state index contributed by atoms with van der Waals surface area (Å²) in [6.45, 7) is 5.13. The Labute approximate surface area is 140 Å². The smallest absolute Gasteiger partial charge is 0.358 e. The van der Waals surface area contributed by atoms with Crippen LogP contribution in [0.25, 0.3) is 0 Å². The van der Waals surface area contributed by atoms with Crippen LogP contribution >= 0.6 is 0 Å². The van der Waals surface area contributed by atoms with Crippen LogP contribution in [0.2, 0.25) is 0 Å². The van der Waals surface area contributed by atoms with Crippen molar-refractivity contribution in [3.8, 4) is 0 Å². The number of imidazole rings is 1. The quantitative estimate of drug-likeness (QED) is 0.869. The standard InChI is InChI=1S/C17H21N3O4/c1-11-5-6-14(24-11)16(21)20-7-3-4-13(8-20)9-23-17(22)15-12(2)18-10-19-15/h5-6,10,13H,3-4,7-9H2,1-2H3,(H,18,19). The number of carbonyl (C=O) groups excluding carboxylic acids is 2. The highest BCUT2D eigenvalue weighted by Gasteiger charge is 2.27. The van der Waals surface area contributed by atoms with E-state index in [9.17, 15) is 9.59 Å². The molecule has 0 radical (unpaired) electrons. The third kappa shape index (κ3) is 3.50. The minimum atomic E-state index is -0.432. The second-order valence-corrected chi connectivity index (χ2v) is 6.14. The number of nitrogens with one attached hydrogen (secondary N) is 1. The molecular formula is C17H21N3O4. The Morgan fingerprint density at radius 1 is 1.42 bits per heavy atom. The molecule has 1 saturated heterocycles. The van der Waals surface area contributed by atoms with E-state index in [0.29, 0.717) is 30.2 Å². The second kappa shape index (κ2) is 6.90. The number of aromatic amines is 1. The summed E-state index contributed by atoms with van der Waals surface area (Å²) in [5, 5.41) is 0. The molecule has 1 fully saturated rings. The third-order valence-electron chi connectivity index (χ3n) is 4.23. The first kappa shape index (κ1) is 16.3. The molecule has 0 spiro atoms. The zero-order chi connectivity index (χ0) is 17.1. The number of rotatable bonds is 4. The Morgan fingerprint density at radius 3 is 2.92 bits per heavy atom. The van der Waals surface area contributed by atoms with Crippen molar-refractivity contribution in [2.24, 2.45) is 5.92 Å². The van der Waals surface area contributed by atoms with Gasteiger partial charge in [0.2, 0.25) is 0 Å². The van der Waals surface area contributed by atoms with Gasteiger partial charge in [-0.25, -0.2) is 9.78 Å². The van der Waals surface area contributed by atoms with Crippen LogP contribution in [0.1, 0.15) is 45.3 Å². The topological polar surface area (TPSA) is 88.4 Å². The lowest BCUT2D eigenvalue weighted by Gasteiger charge is -2.31. The van der Waals surface area contributed by atoms with E-state index in [4.69, 9.17) is 9.15 Å². The molecule has 1 atom stereocenters. The Bertz CT molecular complexity index is 734. The molecule has 24 heavy (non-hydrogen) atoms. The number of aryl methyl sites for hydroxylation is 2. The van der Waals surface area contributed by atoms with Crippen LogP contribution in [0, 0.1) is 19.8 Å². The normalized spacial score (nSPS) is 17.8. The highest BCUT2D eigenvalue weighted by molar-refractivity contribution is 5.91. The summed E-state index contributed by atoms with van der Waals surface area (Å²) in [5.41, 5.74) is 0.999. The van der Waals surface area contributed by atoms with Gasteiger partial charge in [-0.2, -0.15) is 0 Å². The molecule has 1 aliphatic heterocycles. The van der Waals surface area contributed by atoms with Crippen molar-refractivity contribution >= 4 is 11.9 Å². The van der Waals surface area contributed by atoms with Gasteiger partial charge >= 0.3 is 5.97 Å². The van der Waals surface area contributed by atoms with Gasteiger partial charge in [-0.15, -0.1) is 0 Å². The van der Waals surface area contributed by atoms with E-state index in [2.05, 4.69) is 9.97 Å². The van der Waals surface area contributed by atoms with Crippen LogP contribution in [-0.4, -0.2) is 46.4 Å². The van der Waals surface area contributed by atoms with E-state index in [-0.39, 0.29) is 18.4 Å². The second-order valence-electron chi connectivity index (χ2n) is 6.14. The zero-order valence-electron chi connectivity index (χ0n) is 13.9. The van der Waals surface area contributed by atoms with E-state index in [1.54, 1.807) is 24.0 Å². The number of carbonyl (C=O) groups is 2. The fourth-order valence-corrected chi connectivity index (χ4v) is 2.92. The number of H-pyrrole nitrogens is 1. The van der Waals surface area contributed by atoms with Crippen molar-refractivity contribution in [3.05, 3.63) is 41.4 Å². The van der Waals surface area contributed by atoms with Crippen molar-refractivity contribution in [1.82, 2.24) is 14.9 Å². The zero-order valence-corrected chi connectivity index (χ0v) is 13.9. The average molecular weight is 331 g/mol. The van der Waals surface area contributed by atoms with Gasteiger partial charge in [-0.3, -0.25) is 4.79 Å². The third-order valence-corrected chi connectivity index (χ3v) is 4.23. The monoisotopic (exact) mass is 331 g/mol. The first-order valence-electron chi connectivity index (χ1n) is 8.07. The van der Waals surface area contributed by atoms with Crippen LogP contribution in [0.5, 0.6) is 0 Å². The highest BCUT2D eigenvalue weighted by Crippen LogP contribution is 2.20. The molecule has 3 rings (SSSR count). The Kier molecular flexibility index (Phi) is 4.69. The lowest BCUT2D eigenvalue weighted by molar-refractivity contribution is 0.0330. The summed E-state index contributed by atoms with van der Waals surface area (Å²) in [6.07, 6.45) is 3.28. The molecule has 7 nitrogen and oxygen atoms in total. The fourth-order valence-electron chi connectivity index (χ4n) is 2.92. The van der Waals surface area contributed by atoms with Crippen LogP contribution in [0.15, 0.2) is 22.9 Å². The number of likely N-dealkylation sites (tertiary alicyclic amines) is 1. The number of esters is 1. The van der Waals surface area contributed by atoms with E-state index in [1.165, 1.54) is 6.33 Å². The molecule has 128 valence electrons. The molecule has 0 saturated carbocycles. The van der Waals surface area contributed by atoms with Crippen molar-refractivity contribution in [3.63, 3.8) is 0 Å². The van der Waals surface area contributed by atoms with Gasteiger partial charge in [0, 0.05) is 24.7 Å². The number of hydrogen-bond acceptors (Lipinski definition) is 5. The molecule has 0 aromatic carbocycles. The van der Waals surface area contributed by atoms with Crippen LogP contribution in [0.4, 0.5) is 0 Å². The number of aromatic nitrogens is 2. The van der Waals surface area contributed by atoms with E-state index in [1.807, 2.05) is 6.92 Å². The molecule has 3 heterocycles. The first-order chi connectivity index (χ1) is 11.5. The number of piperidine rings is 1. The SMILES string of the molecule is Cc1ccc(C(=O)N2CCCC(COC(=O)c3nc[nH]c3C)C2)o1. The van der Waals surface area contributed by atoms with E-state index in [0.717, 1.165) is 18.6 Å². The molecule has 1 amide bonds. The first-order valence-corrected chi connectivity index (χ1v) is 8.07. The summed E-state index contributed by atoms with van der Waals surface area (Å²) in [5.74, 6) is 0.663. The van der Waals surface area contributed by atoms with Gasteiger partial charge < -0.3 is 19.0 Å². The predicted molar refractivity (Wildman–Crippen MR) is 85.7 cm³/mol. The average Bonchev–Trinajstić information content (AvgIpc) is 3.20. The molecule has 1 aliphatic rings. The summed E-state index contributed by atoms with van der Waals surface area (Å²) >= 11 is 0. The number of furan rings is 1. The molecule has 1 N–H and O–H groups in total. The number of nitrogens with zero attached hydrogens (tertiary/aromatic N) is 2. The molecule has 1 unspecified atom stereocenters. The molecule has 2 aromatic heterocycles. The van der Waals surface area contributed by atoms with Gasteiger partial charge in [0.05, 0.1) is 12.9 Å². The van der Waals surface area contributed by atoms with Crippen molar-refractivity contribution in [1.29, 1.82) is 0 Å². The van der Waals surface area contributed by atoms with Crippen LogP contribution in [0.3, 0.4) is 0 Å². The number of hydrogen-bond donors (Lipinski definition) is 1. The largest absolute Gasteiger partial charge is 0.461 e. The van der Waals surface area contributed by atoms with Gasteiger partial charge in [-0.1, -0.05) is 0 Å². The Hall–Kier alpha value is -2.57. The lowest BCUT2D eigenvalue weighted by atomic mass is 9.99. The van der Waals surface area contributed by atoms with Gasteiger partial charge in [0.15, 0.2) is 11.5 Å². The Morgan fingerprint density at radius 2 is 2.25 bits per heavy atom. The van der Waals surface area contributed by atoms with Crippen LogP contribution < -0.4 is 0 Å². The molecular weight excluding hydrogens is 310 g/mol. The maximum absolute atomic E-state index is 12.4. The van der Waals surface area contributed by atoms with E-state index < -0.39 is 5.97 Å². The summed E-state index contributed by atoms with van der Waals surface area (Å²) < 4.78 is 10.8. The number of amides is 1. The summed E-state index contributed by atoms with van der Waals surface area (Å²) in [6, 6.07) is 3.48. The maximum atomic E-state index is 12.4.